The van der Waals surface area contributed by atoms with Crippen LogP contribution >= 0.6 is 0 Å². The number of allylic oxidation sites excluding steroid dienone is 6. The molecule has 0 aromatic heterocycles. The highest BCUT2D eigenvalue weighted by Crippen LogP contribution is 2.30. The minimum Gasteiger partial charge on any atom is -0.493 e. The first-order valence-electron chi connectivity index (χ1n) is 6.45. The Balaban J connectivity index is 2.95. The van der Waals surface area contributed by atoms with E-state index in [-0.39, 0.29) is 0 Å². The number of alkyl halides is 3. The highest BCUT2D eigenvalue weighted by molar-refractivity contribution is 5.61. The van der Waals surface area contributed by atoms with Gasteiger partial charge in [0.15, 0.2) is 0 Å². The van der Waals surface area contributed by atoms with E-state index in [1.807, 2.05) is 6.92 Å². The van der Waals surface area contributed by atoms with Gasteiger partial charge in [-0.2, -0.15) is 13.2 Å². The van der Waals surface area contributed by atoms with Gasteiger partial charge in [-0.05, 0) is 25.1 Å². The number of ether oxygens (including phenoxy) is 1. The molecule has 0 aliphatic carbocycles. The Hall–Kier alpha value is -2.23. The van der Waals surface area contributed by atoms with E-state index in [2.05, 4.69) is 6.58 Å². The highest BCUT2D eigenvalue weighted by Gasteiger charge is 2.30. The van der Waals surface area contributed by atoms with Gasteiger partial charge in [-0.3, -0.25) is 0 Å². The summed E-state index contributed by atoms with van der Waals surface area (Å²) in [5.41, 5.74) is -0.0752. The molecule has 0 heterocycles. The Morgan fingerprint density at radius 1 is 1.10 bits per heavy atom. The van der Waals surface area contributed by atoms with E-state index in [9.17, 15) is 13.2 Å². The molecule has 0 radical (unpaired) electrons. The summed E-state index contributed by atoms with van der Waals surface area (Å²) in [7, 11) is 0. The molecule has 112 valence electrons. The molecule has 1 nitrogen and oxygen atoms in total. The molecule has 1 aromatic rings. The van der Waals surface area contributed by atoms with Gasteiger partial charge in [-0.1, -0.05) is 49.1 Å². The Morgan fingerprint density at radius 2 is 1.71 bits per heavy atom. The van der Waals surface area contributed by atoms with E-state index >= 15 is 0 Å². The first-order valence-corrected chi connectivity index (χ1v) is 6.45. The molecule has 1 aromatic carbocycles. The summed E-state index contributed by atoms with van der Waals surface area (Å²) in [6.07, 6.45) is 6.12. The third-order valence-electron chi connectivity index (χ3n) is 2.51. The number of rotatable bonds is 6. The summed E-state index contributed by atoms with van der Waals surface area (Å²) in [5.74, 6) is 0.523. The van der Waals surface area contributed by atoms with Crippen molar-refractivity contribution >= 4 is 5.76 Å². The number of hydrogen-bond acceptors (Lipinski definition) is 1. The predicted molar refractivity (Wildman–Crippen MR) is 79.5 cm³/mol. The van der Waals surface area contributed by atoms with Crippen LogP contribution in [0.25, 0.3) is 5.76 Å². The Bertz CT molecular complexity index is 534. The molecule has 21 heavy (non-hydrogen) atoms. The molecule has 0 atom stereocenters. The minimum absolute atomic E-state index is 0.434. The average Bonchev–Trinajstić information content (AvgIpc) is 2.45. The molecule has 1 rings (SSSR count). The maximum absolute atomic E-state index is 12.5. The van der Waals surface area contributed by atoms with Crippen molar-refractivity contribution in [1.82, 2.24) is 0 Å². The molecule has 0 N–H and O–H groups in total. The standard InChI is InChI=1S/C17H17F3O/c1-3-5-6-7-8-9-16(21-4-2)14-10-12-15(13-11-14)17(18,19)20/h3,5-13H,1,4H2,2H3/b6-5-,8-7-,16-9+. The molecule has 0 amide bonds. The van der Waals surface area contributed by atoms with Gasteiger partial charge in [0, 0.05) is 5.56 Å². The quantitative estimate of drug-likeness (QED) is 0.505. The van der Waals surface area contributed by atoms with Gasteiger partial charge in [0.1, 0.15) is 5.76 Å². The molecule has 0 saturated carbocycles. The zero-order chi connectivity index (χ0) is 15.7. The van der Waals surface area contributed by atoms with Gasteiger partial charge in [0.25, 0.3) is 0 Å². The third-order valence-corrected chi connectivity index (χ3v) is 2.51. The number of benzene rings is 1. The summed E-state index contributed by atoms with van der Waals surface area (Å²) in [6.45, 7) is 5.80. The van der Waals surface area contributed by atoms with Gasteiger partial charge in [-0.25, -0.2) is 0 Å². The monoisotopic (exact) mass is 294 g/mol. The second kappa shape index (κ2) is 8.15. The fourth-order valence-corrected chi connectivity index (χ4v) is 1.56. The first kappa shape index (κ1) is 16.8. The van der Waals surface area contributed by atoms with Crippen LogP contribution in [0.15, 0.2) is 67.3 Å². The first-order chi connectivity index (χ1) is 9.99. The summed E-state index contributed by atoms with van der Waals surface area (Å²) in [6, 6.07) is 4.89. The van der Waals surface area contributed by atoms with E-state index in [0.29, 0.717) is 17.9 Å². The van der Waals surface area contributed by atoms with Crippen molar-refractivity contribution < 1.29 is 17.9 Å². The van der Waals surface area contributed by atoms with E-state index < -0.39 is 11.7 Å². The lowest BCUT2D eigenvalue weighted by Gasteiger charge is -2.10. The van der Waals surface area contributed by atoms with Crippen molar-refractivity contribution in [3.05, 3.63) is 78.4 Å². The summed E-state index contributed by atoms with van der Waals surface area (Å²) in [5, 5.41) is 0. The summed E-state index contributed by atoms with van der Waals surface area (Å²) < 4.78 is 43.0. The largest absolute Gasteiger partial charge is 0.493 e. The Kier molecular flexibility index (Phi) is 6.53. The second-order valence-electron chi connectivity index (χ2n) is 4.04. The van der Waals surface area contributed by atoms with E-state index in [4.69, 9.17) is 4.74 Å². The van der Waals surface area contributed by atoms with E-state index in [1.165, 1.54) is 12.1 Å². The van der Waals surface area contributed by atoms with Crippen molar-refractivity contribution in [2.45, 2.75) is 13.1 Å². The van der Waals surface area contributed by atoms with Crippen LogP contribution in [0.5, 0.6) is 0 Å². The van der Waals surface area contributed by atoms with Gasteiger partial charge in [0.2, 0.25) is 0 Å². The number of hydrogen-bond donors (Lipinski definition) is 0. The maximum Gasteiger partial charge on any atom is 0.416 e. The molecule has 0 aliphatic rings. The highest BCUT2D eigenvalue weighted by atomic mass is 19.4. The van der Waals surface area contributed by atoms with Crippen LogP contribution in [0.1, 0.15) is 18.1 Å². The maximum atomic E-state index is 12.5. The van der Waals surface area contributed by atoms with Crippen LogP contribution < -0.4 is 0 Å². The lowest BCUT2D eigenvalue weighted by Crippen LogP contribution is -2.04. The van der Waals surface area contributed by atoms with Gasteiger partial charge >= 0.3 is 6.18 Å². The lowest BCUT2D eigenvalue weighted by atomic mass is 10.1. The van der Waals surface area contributed by atoms with Crippen LogP contribution in [0.3, 0.4) is 0 Å². The van der Waals surface area contributed by atoms with Crippen LogP contribution in [-0.2, 0) is 10.9 Å². The van der Waals surface area contributed by atoms with Gasteiger partial charge < -0.3 is 4.74 Å². The van der Waals surface area contributed by atoms with Crippen LogP contribution in [0.2, 0.25) is 0 Å². The lowest BCUT2D eigenvalue weighted by molar-refractivity contribution is -0.137. The van der Waals surface area contributed by atoms with Crippen molar-refractivity contribution in [2.24, 2.45) is 0 Å². The normalized spacial score (nSPS) is 13.0. The predicted octanol–water partition coefficient (Wildman–Crippen LogP) is 5.38. The molecule has 0 aliphatic heterocycles. The molecule has 0 spiro atoms. The summed E-state index contributed by atoms with van der Waals surface area (Å²) in [4.78, 5) is 0. The minimum atomic E-state index is -4.33. The molecule has 4 heteroatoms. The summed E-state index contributed by atoms with van der Waals surface area (Å²) >= 11 is 0. The van der Waals surface area contributed by atoms with Crippen molar-refractivity contribution in [3.8, 4) is 0 Å². The Labute approximate surface area is 122 Å². The van der Waals surface area contributed by atoms with Crippen molar-refractivity contribution in [1.29, 1.82) is 0 Å². The third kappa shape index (κ3) is 5.73. The van der Waals surface area contributed by atoms with Crippen LogP contribution in [0.4, 0.5) is 13.2 Å². The molecule has 0 unspecified atom stereocenters. The van der Waals surface area contributed by atoms with Gasteiger partial charge in [0.05, 0.1) is 12.2 Å². The topological polar surface area (TPSA) is 9.23 Å². The van der Waals surface area contributed by atoms with Crippen LogP contribution in [-0.4, -0.2) is 6.61 Å². The number of halogens is 3. The molecular weight excluding hydrogens is 277 g/mol. The molecule has 0 bridgehead atoms. The second-order valence-corrected chi connectivity index (χ2v) is 4.04. The molecule has 0 saturated heterocycles. The SMILES string of the molecule is C=C\C=C/C=C\C=C(\OCC)c1ccc(C(F)(F)F)cc1. The molecule has 0 fully saturated rings. The smallest absolute Gasteiger partial charge is 0.416 e. The van der Waals surface area contributed by atoms with Crippen LogP contribution in [0, 0.1) is 0 Å². The zero-order valence-corrected chi connectivity index (χ0v) is 11.7. The van der Waals surface area contributed by atoms with Crippen molar-refractivity contribution in [2.75, 3.05) is 6.61 Å². The van der Waals surface area contributed by atoms with E-state index in [1.54, 1.807) is 36.5 Å². The Morgan fingerprint density at radius 3 is 2.24 bits per heavy atom. The average molecular weight is 294 g/mol. The fraction of sp³-hybridized carbons (Fsp3) is 0.176. The van der Waals surface area contributed by atoms with Gasteiger partial charge in [-0.15, -0.1) is 0 Å². The van der Waals surface area contributed by atoms with Crippen molar-refractivity contribution in [3.63, 3.8) is 0 Å². The fourth-order valence-electron chi connectivity index (χ4n) is 1.56. The molecular formula is C17H17F3O. The van der Waals surface area contributed by atoms with E-state index in [0.717, 1.165) is 12.1 Å². The zero-order valence-electron chi connectivity index (χ0n) is 11.7.